The van der Waals surface area contributed by atoms with Crippen molar-refractivity contribution in [2.24, 2.45) is 5.73 Å². The molecule has 0 saturated heterocycles. The van der Waals surface area contributed by atoms with Crippen LogP contribution >= 0.6 is 11.6 Å². The minimum Gasteiger partial charge on any atom is -0.367 e. The molecule has 0 unspecified atom stereocenters. The number of benzene rings is 2. The number of amidine groups is 1. The van der Waals surface area contributed by atoms with E-state index in [0.29, 0.717) is 39.9 Å². The second-order valence-electron chi connectivity index (χ2n) is 9.53. The van der Waals surface area contributed by atoms with Gasteiger partial charge >= 0.3 is 5.69 Å². The summed E-state index contributed by atoms with van der Waals surface area (Å²) in [5, 5.41) is 12.0. The van der Waals surface area contributed by atoms with E-state index in [4.69, 9.17) is 22.7 Å². The summed E-state index contributed by atoms with van der Waals surface area (Å²) in [4.78, 5) is 20.0. The number of rotatable bonds is 8. The van der Waals surface area contributed by atoms with Crippen LogP contribution in [0, 0.1) is 11.2 Å². The van der Waals surface area contributed by atoms with Gasteiger partial charge in [-0.2, -0.15) is 4.98 Å². The molecule has 0 aliphatic heterocycles. The van der Waals surface area contributed by atoms with Gasteiger partial charge in [-0.3, -0.25) is 9.98 Å². The molecule has 5 N–H and O–H groups in total. The normalized spacial score (nSPS) is 14.2. The first-order valence-corrected chi connectivity index (χ1v) is 12.5. The Kier molecular flexibility index (Phi) is 6.64. The molecule has 2 heterocycles. The van der Waals surface area contributed by atoms with Gasteiger partial charge in [0, 0.05) is 34.8 Å². The highest BCUT2D eigenvalue weighted by Gasteiger charge is 2.22. The molecule has 4 aromatic rings. The molecule has 2 aromatic heterocycles. The number of fused-ring (bicyclic) bond motifs is 1. The lowest BCUT2D eigenvalue weighted by Gasteiger charge is -2.09. The van der Waals surface area contributed by atoms with Crippen molar-refractivity contribution in [1.29, 1.82) is 5.41 Å². The Morgan fingerprint density at radius 2 is 2.06 bits per heavy atom. The molecular formula is C27H28ClFN6O. The molecule has 0 spiro atoms. The molecule has 186 valence electrons. The average Bonchev–Trinajstić information content (AvgIpc) is 3.56. The van der Waals surface area contributed by atoms with Gasteiger partial charge in [0.25, 0.3) is 0 Å². The lowest BCUT2D eigenvalue weighted by Crippen LogP contribution is -2.25. The Labute approximate surface area is 213 Å². The van der Waals surface area contributed by atoms with Gasteiger partial charge in [0.05, 0.1) is 16.4 Å². The molecule has 1 atom stereocenters. The monoisotopic (exact) mass is 506 g/mol. The third kappa shape index (κ3) is 5.20. The lowest BCUT2D eigenvalue weighted by molar-refractivity contribution is 0.618. The molecule has 1 aliphatic carbocycles. The maximum Gasteiger partial charge on any atom is 0.354 e. The van der Waals surface area contributed by atoms with Crippen molar-refractivity contribution < 1.29 is 4.39 Å². The number of nitrogens with one attached hydrogen (secondary N) is 3. The summed E-state index contributed by atoms with van der Waals surface area (Å²) in [7, 11) is 0. The highest BCUT2D eigenvalue weighted by atomic mass is 35.5. The summed E-state index contributed by atoms with van der Waals surface area (Å²) < 4.78 is 16.4. The van der Waals surface area contributed by atoms with Crippen molar-refractivity contribution >= 4 is 28.5 Å². The molecule has 36 heavy (non-hydrogen) atoms. The maximum atomic E-state index is 15.0. The minimum atomic E-state index is -0.521. The van der Waals surface area contributed by atoms with Crippen molar-refractivity contribution in [1.82, 2.24) is 19.9 Å². The molecule has 0 bridgehead atoms. The highest BCUT2D eigenvalue weighted by molar-refractivity contribution is 6.31. The molecule has 0 amide bonds. The van der Waals surface area contributed by atoms with Crippen LogP contribution in [0.2, 0.25) is 5.02 Å². The van der Waals surface area contributed by atoms with Crippen LogP contribution in [0.1, 0.15) is 43.7 Å². The van der Waals surface area contributed by atoms with E-state index in [-0.39, 0.29) is 11.1 Å². The van der Waals surface area contributed by atoms with Gasteiger partial charge in [0.1, 0.15) is 11.5 Å². The predicted octanol–water partition coefficient (Wildman–Crippen LogP) is 4.92. The third-order valence-corrected chi connectivity index (χ3v) is 6.65. The Balaban J connectivity index is 1.44. The molecule has 1 aliphatic rings. The van der Waals surface area contributed by atoms with E-state index < -0.39 is 11.5 Å². The maximum absolute atomic E-state index is 15.0. The van der Waals surface area contributed by atoms with Gasteiger partial charge in [-0.1, -0.05) is 11.6 Å². The van der Waals surface area contributed by atoms with Crippen LogP contribution in [-0.2, 0) is 6.42 Å². The number of nitrogens with zero attached hydrogens (tertiary/aromatic N) is 2. The fourth-order valence-corrected chi connectivity index (χ4v) is 4.48. The summed E-state index contributed by atoms with van der Waals surface area (Å²) in [6.45, 7) is 1.96. The van der Waals surface area contributed by atoms with Crippen molar-refractivity contribution in [3.05, 3.63) is 81.1 Å². The number of hydrogen-bond donors (Lipinski definition) is 4. The van der Waals surface area contributed by atoms with Gasteiger partial charge in [0.2, 0.25) is 0 Å². The zero-order valence-corrected chi connectivity index (χ0v) is 20.7. The first-order chi connectivity index (χ1) is 17.3. The summed E-state index contributed by atoms with van der Waals surface area (Å²) in [6.07, 6.45) is 6.34. The van der Waals surface area contributed by atoms with E-state index in [0.717, 1.165) is 43.2 Å². The van der Waals surface area contributed by atoms with E-state index in [1.165, 1.54) is 4.57 Å². The van der Waals surface area contributed by atoms with Crippen LogP contribution in [0.15, 0.2) is 53.5 Å². The van der Waals surface area contributed by atoms with E-state index in [1.807, 2.05) is 6.92 Å². The molecule has 7 nitrogen and oxygen atoms in total. The molecule has 9 heteroatoms. The Morgan fingerprint density at radius 1 is 1.31 bits per heavy atom. The molecular weight excluding hydrogens is 479 g/mol. The summed E-state index contributed by atoms with van der Waals surface area (Å²) in [5.74, 6) is -0.145. The van der Waals surface area contributed by atoms with Crippen LogP contribution in [0.25, 0.3) is 28.0 Å². The van der Waals surface area contributed by atoms with E-state index in [9.17, 15) is 9.18 Å². The van der Waals surface area contributed by atoms with Crippen molar-refractivity contribution in [2.75, 3.05) is 0 Å². The molecule has 1 saturated carbocycles. The van der Waals surface area contributed by atoms with Gasteiger partial charge in [-0.25, -0.2) is 9.18 Å². The fourth-order valence-electron chi connectivity index (χ4n) is 4.24. The summed E-state index contributed by atoms with van der Waals surface area (Å²) in [6, 6.07) is 12.9. The van der Waals surface area contributed by atoms with E-state index in [1.54, 1.807) is 48.7 Å². The Bertz CT molecular complexity index is 1490. The molecule has 2 aromatic carbocycles. The van der Waals surface area contributed by atoms with E-state index >= 15 is 0 Å². The average molecular weight is 507 g/mol. The first kappa shape index (κ1) is 24.2. The van der Waals surface area contributed by atoms with Gasteiger partial charge in [-0.15, -0.1) is 0 Å². The number of halogens is 2. The molecule has 0 radical (unpaired) electrons. The second kappa shape index (κ2) is 9.87. The van der Waals surface area contributed by atoms with E-state index in [2.05, 4.69) is 15.3 Å². The van der Waals surface area contributed by atoms with Crippen molar-refractivity contribution in [3.8, 4) is 16.9 Å². The standard InChI is InChI=1S/C27H28ClFN6O/c1-15(30)3-2-4-16-11-21(24(29)22(28)12-16)23-13-18-14-35(27(36)34-26(18)33-23)20-9-5-17(6-10-20)25(31)32-19-7-8-19/h5-6,9-15,19H,2-4,7-8,30H2,1H3,(H2,31,32)(H,33,34,36)/t15-/m0/s1. The SMILES string of the molecule is C[C@H](N)CCCc1cc(Cl)c(F)c(-c2cc3cn(-c4ccc(C(=N)NC5CC5)cc4)c(=O)nc3[nH]2)c1. The Morgan fingerprint density at radius 3 is 2.75 bits per heavy atom. The fraction of sp³-hybridized carbons (Fsp3) is 0.296. The van der Waals surface area contributed by atoms with Crippen molar-refractivity contribution in [2.45, 2.75) is 51.1 Å². The largest absolute Gasteiger partial charge is 0.367 e. The number of hydrogen-bond acceptors (Lipinski definition) is 4. The quantitative estimate of drug-likeness (QED) is 0.201. The first-order valence-electron chi connectivity index (χ1n) is 12.1. The second-order valence-corrected chi connectivity index (χ2v) is 9.94. The van der Waals surface area contributed by atoms with Gasteiger partial charge in [0.15, 0.2) is 5.82 Å². The lowest BCUT2D eigenvalue weighted by atomic mass is 10.0. The number of aromatic nitrogens is 3. The number of H-pyrrole nitrogens is 1. The van der Waals surface area contributed by atoms with Gasteiger partial charge in [-0.05, 0) is 87.1 Å². The van der Waals surface area contributed by atoms with Crippen LogP contribution in [0.4, 0.5) is 4.39 Å². The van der Waals surface area contributed by atoms with Crippen LogP contribution in [0.3, 0.4) is 0 Å². The zero-order chi connectivity index (χ0) is 25.4. The van der Waals surface area contributed by atoms with Crippen molar-refractivity contribution in [3.63, 3.8) is 0 Å². The zero-order valence-electron chi connectivity index (χ0n) is 19.9. The number of nitrogens with two attached hydrogens (primary N) is 1. The van der Waals surface area contributed by atoms with Gasteiger partial charge < -0.3 is 16.0 Å². The number of aromatic amines is 1. The predicted molar refractivity (Wildman–Crippen MR) is 142 cm³/mol. The smallest absolute Gasteiger partial charge is 0.354 e. The number of aryl methyl sites for hydroxylation is 1. The minimum absolute atomic E-state index is 0.0522. The van der Waals surface area contributed by atoms with Crippen LogP contribution < -0.4 is 16.7 Å². The van der Waals surface area contributed by atoms with Crippen LogP contribution in [-0.4, -0.2) is 32.5 Å². The summed E-state index contributed by atoms with van der Waals surface area (Å²) >= 11 is 6.20. The topological polar surface area (TPSA) is 113 Å². The van der Waals surface area contributed by atoms with Crippen LogP contribution in [0.5, 0.6) is 0 Å². The Hall–Kier alpha value is -3.49. The highest BCUT2D eigenvalue weighted by Crippen LogP contribution is 2.31. The molecule has 1 fully saturated rings. The molecule has 5 rings (SSSR count). The summed E-state index contributed by atoms with van der Waals surface area (Å²) in [5.41, 5.74) is 8.89. The third-order valence-electron chi connectivity index (χ3n) is 6.37.